The van der Waals surface area contributed by atoms with Gasteiger partial charge in [0, 0.05) is 5.56 Å². The zero-order valence-electron chi connectivity index (χ0n) is 16.2. The Kier molecular flexibility index (Phi) is 7.67. The molecule has 0 radical (unpaired) electrons. The number of amides is 1. The summed E-state index contributed by atoms with van der Waals surface area (Å²) in [6.45, 7) is 6.54. The standard InChI is InChI=1S/C21H26N2O4/c1-5-12-26-20-13-16(6-11-19(20)25-4)14-22-23-21(24)17-7-9-18(10-8-17)27-15(2)3/h6-11,13-15H,5,12H2,1-4H3,(H,23,24)/b22-14-. The van der Waals surface area contributed by atoms with Gasteiger partial charge in [-0.1, -0.05) is 6.92 Å². The van der Waals surface area contributed by atoms with Gasteiger partial charge in [0.25, 0.3) is 5.91 Å². The maximum absolute atomic E-state index is 12.2. The molecule has 2 aromatic rings. The van der Waals surface area contributed by atoms with E-state index >= 15 is 0 Å². The molecule has 2 aromatic carbocycles. The first-order valence-corrected chi connectivity index (χ1v) is 8.94. The van der Waals surface area contributed by atoms with E-state index in [0.717, 1.165) is 17.7 Å². The van der Waals surface area contributed by atoms with Crippen molar-refractivity contribution in [1.82, 2.24) is 5.43 Å². The van der Waals surface area contributed by atoms with Gasteiger partial charge < -0.3 is 14.2 Å². The molecule has 0 aromatic heterocycles. The SMILES string of the molecule is CCCOc1cc(/C=N\NC(=O)c2ccc(OC(C)C)cc2)ccc1OC. The van der Waals surface area contributed by atoms with Crippen molar-refractivity contribution in [2.45, 2.75) is 33.3 Å². The summed E-state index contributed by atoms with van der Waals surface area (Å²) < 4.78 is 16.5. The maximum atomic E-state index is 12.2. The van der Waals surface area contributed by atoms with E-state index in [2.05, 4.69) is 10.5 Å². The molecule has 0 aliphatic rings. The number of hydrogen-bond acceptors (Lipinski definition) is 5. The first-order chi connectivity index (χ1) is 13.0. The lowest BCUT2D eigenvalue weighted by atomic mass is 10.2. The van der Waals surface area contributed by atoms with Gasteiger partial charge in [-0.25, -0.2) is 5.43 Å². The number of nitrogens with zero attached hydrogens (tertiary/aromatic N) is 1. The molecule has 0 saturated heterocycles. The van der Waals surface area contributed by atoms with Gasteiger partial charge in [0.05, 0.1) is 26.0 Å². The molecule has 0 unspecified atom stereocenters. The van der Waals surface area contributed by atoms with Gasteiger partial charge in [-0.2, -0.15) is 5.10 Å². The van der Waals surface area contributed by atoms with Crippen LogP contribution in [0.5, 0.6) is 17.2 Å². The van der Waals surface area contributed by atoms with Crippen LogP contribution < -0.4 is 19.6 Å². The summed E-state index contributed by atoms with van der Waals surface area (Å²) in [7, 11) is 1.60. The second-order valence-corrected chi connectivity index (χ2v) is 6.15. The summed E-state index contributed by atoms with van der Waals surface area (Å²) >= 11 is 0. The van der Waals surface area contributed by atoms with Crippen LogP contribution in [-0.2, 0) is 0 Å². The monoisotopic (exact) mass is 370 g/mol. The minimum absolute atomic E-state index is 0.0879. The highest BCUT2D eigenvalue weighted by molar-refractivity contribution is 5.95. The van der Waals surface area contributed by atoms with Crippen LogP contribution in [-0.4, -0.2) is 31.9 Å². The van der Waals surface area contributed by atoms with Crippen molar-refractivity contribution in [2.24, 2.45) is 5.10 Å². The lowest BCUT2D eigenvalue weighted by Crippen LogP contribution is -2.17. The van der Waals surface area contributed by atoms with Gasteiger partial charge in [-0.3, -0.25) is 4.79 Å². The molecule has 0 aliphatic carbocycles. The van der Waals surface area contributed by atoms with Gasteiger partial charge in [0.1, 0.15) is 5.75 Å². The van der Waals surface area contributed by atoms with E-state index in [1.54, 1.807) is 37.6 Å². The van der Waals surface area contributed by atoms with Gasteiger partial charge in [-0.15, -0.1) is 0 Å². The Balaban J connectivity index is 1.98. The first-order valence-electron chi connectivity index (χ1n) is 8.94. The second kappa shape index (κ2) is 10.2. The number of carbonyl (C=O) groups is 1. The molecule has 1 N–H and O–H groups in total. The summed E-state index contributed by atoms with van der Waals surface area (Å²) in [6, 6.07) is 12.4. The molecule has 6 nitrogen and oxygen atoms in total. The van der Waals surface area contributed by atoms with Crippen molar-refractivity contribution in [2.75, 3.05) is 13.7 Å². The number of methoxy groups -OCH3 is 1. The Morgan fingerprint density at radius 1 is 1.15 bits per heavy atom. The zero-order valence-corrected chi connectivity index (χ0v) is 16.2. The third kappa shape index (κ3) is 6.33. The predicted molar refractivity (Wildman–Crippen MR) is 106 cm³/mol. The quantitative estimate of drug-likeness (QED) is 0.534. The normalized spacial score (nSPS) is 10.9. The topological polar surface area (TPSA) is 69.2 Å². The highest BCUT2D eigenvalue weighted by Gasteiger charge is 2.06. The van der Waals surface area contributed by atoms with Crippen molar-refractivity contribution in [3.05, 3.63) is 53.6 Å². The molecular weight excluding hydrogens is 344 g/mol. The summed E-state index contributed by atoms with van der Waals surface area (Å²) in [6.07, 6.45) is 2.55. The Morgan fingerprint density at radius 3 is 2.52 bits per heavy atom. The molecule has 0 bridgehead atoms. The van der Waals surface area contributed by atoms with Gasteiger partial charge in [-0.05, 0) is 68.3 Å². The summed E-state index contributed by atoms with van der Waals surface area (Å²) in [5.74, 6) is 1.74. The Hall–Kier alpha value is -3.02. The highest BCUT2D eigenvalue weighted by atomic mass is 16.5. The van der Waals surface area contributed by atoms with E-state index in [4.69, 9.17) is 14.2 Å². The van der Waals surface area contributed by atoms with E-state index in [1.165, 1.54) is 0 Å². The fourth-order valence-corrected chi connectivity index (χ4v) is 2.29. The molecular formula is C21H26N2O4. The van der Waals surface area contributed by atoms with Gasteiger partial charge >= 0.3 is 0 Å². The van der Waals surface area contributed by atoms with Crippen molar-refractivity contribution in [3.63, 3.8) is 0 Å². The van der Waals surface area contributed by atoms with Crippen LogP contribution in [0.15, 0.2) is 47.6 Å². The highest BCUT2D eigenvalue weighted by Crippen LogP contribution is 2.27. The van der Waals surface area contributed by atoms with E-state index in [9.17, 15) is 4.79 Å². The van der Waals surface area contributed by atoms with Crippen LogP contribution in [0.1, 0.15) is 43.1 Å². The molecule has 2 rings (SSSR count). The van der Waals surface area contributed by atoms with Crippen molar-refractivity contribution >= 4 is 12.1 Å². The van der Waals surface area contributed by atoms with E-state index < -0.39 is 0 Å². The number of benzene rings is 2. The Morgan fingerprint density at radius 2 is 1.89 bits per heavy atom. The average molecular weight is 370 g/mol. The largest absolute Gasteiger partial charge is 0.493 e. The van der Waals surface area contributed by atoms with Gasteiger partial charge in [0.15, 0.2) is 11.5 Å². The Labute approximate surface area is 160 Å². The van der Waals surface area contributed by atoms with Crippen LogP contribution in [0.2, 0.25) is 0 Å². The molecule has 144 valence electrons. The summed E-state index contributed by atoms with van der Waals surface area (Å²) in [5.41, 5.74) is 3.82. The number of rotatable bonds is 9. The smallest absolute Gasteiger partial charge is 0.271 e. The van der Waals surface area contributed by atoms with Crippen molar-refractivity contribution in [1.29, 1.82) is 0 Å². The molecule has 0 aliphatic heterocycles. The first kappa shape index (κ1) is 20.3. The van der Waals surface area contributed by atoms with Crippen LogP contribution in [0.25, 0.3) is 0 Å². The Bertz CT molecular complexity index is 770. The van der Waals surface area contributed by atoms with Crippen molar-refractivity contribution < 1.29 is 19.0 Å². The lowest BCUT2D eigenvalue weighted by molar-refractivity contribution is 0.0955. The summed E-state index contributed by atoms with van der Waals surface area (Å²) in [4.78, 5) is 12.2. The minimum Gasteiger partial charge on any atom is -0.493 e. The molecule has 0 heterocycles. The van der Waals surface area contributed by atoms with E-state index in [1.807, 2.05) is 39.0 Å². The predicted octanol–water partition coefficient (Wildman–Crippen LogP) is 4.04. The second-order valence-electron chi connectivity index (χ2n) is 6.15. The van der Waals surface area contributed by atoms with Crippen LogP contribution in [0.3, 0.4) is 0 Å². The molecule has 6 heteroatoms. The fourth-order valence-electron chi connectivity index (χ4n) is 2.29. The van der Waals surface area contributed by atoms with Gasteiger partial charge in [0.2, 0.25) is 0 Å². The molecule has 27 heavy (non-hydrogen) atoms. The molecule has 0 fully saturated rings. The number of carbonyl (C=O) groups excluding carboxylic acids is 1. The third-order valence-electron chi connectivity index (χ3n) is 3.52. The number of hydrogen-bond donors (Lipinski definition) is 1. The van der Waals surface area contributed by atoms with Crippen molar-refractivity contribution in [3.8, 4) is 17.2 Å². The minimum atomic E-state index is -0.293. The lowest BCUT2D eigenvalue weighted by Gasteiger charge is -2.10. The zero-order chi connectivity index (χ0) is 19.6. The number of nitrogens with one attached hydrogen (secondary N) is 1. The fraction of sp³-hybridized carbons (Fsp3) is 0.333. The molecule has 0 atom stereocenters. The molecule has 0 spiro atoms. The van der Waals surface area contributed by atoms with Crippen LogP contribution in [0.4, 0.5) is 0 Å². The number of ether oxygens (including phenoxy) is 3. The number of hydrazone groups is 1. The summed E-state index contributed by atoms with van der Waals surface area (Å²) in [5, 5.41) is 4.01. The molecule has 1 amide bonds. The average Bonchev–Trinajstić information content (AvgIpc) is 2.66. The molecule has 0 saturated carbocycles. The van der Waals surface area contributed by atoms with Crippen LogP contribution in [0, 0.1) is 0 Å². The van der Waals surface area contributed by atoms with E-state index in [-0.39, 0.29) is 12.0 Å². The van der Waals surface area contributed by atoms with Crippen LogP contribution >= 0.6 is 0 Å². The third-order valence-corrected chi connectivity index (χ3v) is 3.52. The maximum Gasteiger partial charge on any atom is 0.271 e. The van der Waals surface area contributed by atoms with E-state index in [0.29, 0.717) is 23.7 Å².